The van der Waals surface area contributed by atoms with Crippen LogP contribution in [0, 0.1) is 0 Å². The number of phosphoric acid groups is 1. The number of hydrogen-bond donors (Lipinski definition) is 3. The van der Waals surface area contributed by atoms with Gasteiger partial charge < -0.3 is 25.2 Å². The van der Waals surface area contributed by atoms with Gasteiger partial charge in [0.05, 0.1) is 19.8 Å². The second-order valence-electron chi connectivity index (χ2n) is 18.4. The number of hydrogen-bond acceptors (Lipinski definition) is 8. The van der Waals surface area contributed by atoms with Crippen molar-refractivity contribution in [3.8, 4) is 0 Å². The molecule has 0 fully saturated rings. The third-order valence-electron chi connectivity index (χ3n) is 12.1. The SMILES string of the molecule is CCCCCCCCCCCCCCCCCCCCCCCCC(=O)OC(COCCCCCCCCCCCCCCCCCCCC)COP(=O)(O)OCC(N)C(=O)O. The Bertz CT molecular complexity index is 1000. The van der Waals surface area contributed by atoms with Gasteiger partial charge in [-0.05, 0) is 12.8 Å². The van der Waals surface area contributed by atoms with Crippen LogP contribution in [0.3, 0.4) is 0 Å². The summed E-state index contributed by atoms with van der Waals surface area (Å²) in [5.74, 6) is -1.76. The molecule has 3 unspecified atom stereocenters. The topological polar surface area (TPSA) is 155 Å². The molecule has 0 amide bonds. The zero-order valence-corrected chi connectivity index (χ0v) is 41.6. The Hall–Kier alpha value is -1.03. The van der Waals surface area contributed by atoms with Crippen LogP contribution < -0.4 is 5.73 Å². The van der Waals surface area contributed by atoms with Crippen molar-refractivity contribution in [2.75, 3.05) is 26.4 Å². The summed E-state index contributed by atoms with van der Waals surface area (Å²) in [6.07, 6.45) is 51.6. The molecule has 0 aliphatic carbocycles. The highest BCUT2D eigenvalue weighted by Gasteiger charge is 2.27. The van der Waals surface area contributed by atoms with Crippen molar-refractivity contribution in [2.24, 2.45) is 5.73 Å². The number of unbranched alkanes of at least 4 members (excludes halogenated alkanes) is 38. The average Bonchev–Trinajstić information content (AvgIpc) is 3.25. The Morgan fingerprint density at radius 1 is 0.452 bits per heavy atom. The summed E-state index contributed by atoms with van der Waals surface area (Å²) in [7, 11) is -4.61. The fourth-order valence-corrected chi connectivity index (χ4v) is 8.80. The third-order valence-corrected chi connectivity index (χ3v) is 13.1. The first-order valence-corrected chi connectivity index (χ1v) is 28.1. The summed E-state index contributed by atoms with van der Waals surface area (Å²) in [6.45, 7) is 3.97. The number of rotatable bonds is 52. The van der Waals surface area contributed by atoms with Gasteiger partial charge in [0, 0.05) is 13.0 Å². The maximum absolute atomic E-state index is 12.7. The monoisotopic (exact) mass is 904 g/mol. The van der Waals surface area contributed by atoms with Crippen LogP contribution in [0.4, 0.5) is 0 Å². The minimum absolute atomic E-state index is 0.0265. The molecule has 62 heavy (non-hydrogen) atoms. The molecule has 10 nitrogen and oxygen atoms in total. The zero-order chi connectivity index (χ0) is 45.5. The maximum Gasteiger partial charge on any atom is 0.472 e. The molecular formula is C51H102NO9P. The number of esters is 1. The molecule has 4 N–H and O–H groups in total. The molecule has 0 aromatic rings. The molecule has 0 spiro atoms. The van der Waals surface area contributed by atoms with E-state index in [2.05, 4.69) is 13.8 Å². The van der Waals surface area contributed by atoms with Gasteiger partial charge in [-0.3, -0.25) is 18.6 Å². The van der Waals surface area contributed by atoms with Crippen LogP contribution in [0.15, 0.2) is 0 Å². The lowest BCUT2D eigenvalue weighted by molar-refractivity contribution is -0.154. The lowest BCUT2D eigenvalue weighted by atomic mass is 10.0. The van der Waals surface area contributed by atoms with Crippen LogP contribution in [0.1, 0.15) is 277 Å². The fraction of sp³-hybridized carbons (Fsp3) is 0.961. The maximum atomic E-state index is 12.7. The largest absolute Gasteiger partial charge is 0.480 e. The molecule has 0 aliphatic heterocycles. The number of carboxylic acid groups (broad SMARTS) is 1. The van der Waals surface area contributed by atoms with Crippen molar-refractivity contribution in [2.45, 2.75) is 289 Å². The first kappa shape index (κ1) is 61.0. The van der Waals surface area contributed by atoms with Crippen molar-refractivity contribution in [1.82, 2.24) is 0 Å². The van der Waals surface area contributed by atoms with E-state index in [0.717, 1.165) is 38.5 Å². The Balaban J connectivity index is 4.05. The predicted octanol–water partition coefficient (Wildman–Crippen LogP) is 15.5. The smallest absolute Gasteiger partial charge is 0.472 e. The molecule has 11 heteroatoms. The van der Waals surface area contributed by atoms with Crippen molar-refractivity contribution in [1.29, 1.82) is 0 Å². The van der Waals surface area contributed by atoms with Crippen LogP contribution in [0.25, 0.3) is 0 Å². The van der Waals surface area contributed by atoms with Crippen LogP contribution >= 0.6 is 7.82 Å². The Kier molecular flexibility index (Phi) is 47.1. The molecule has 0 aromatic heterocycles. The lowest BCUT2D eigenvalue weighted by Gasteiger charge is -2.20. The number of carbonyl (C=O) groups is 2. The zero-order valence-electron chi connectivity index (χ0n) is 40.8. The van der Waals surface area contributed by atoms with E-state index in [1.165, 1.54) is 218 Å². The van der Waals surface area contributed by atoms with Gasteiger partial charge >= 0.3 is 19.8 Å². The fourth-order valence-electron chi connectivity index (χ4n) is 8.02. The first-order chi connectivity index (χ1) is 30.2. The molecule has 0 rings (SSSR count). The third kappa shape index (κ3) is 46.9. The Morgan fingerprint density at radius 3 is 1.06 bits per heavy atom. The average molecular weight is 904 g/mol. The van der Waals surface area contributed by atoms with Crippen molar-refractivity contribution >= 4 is 19.8 Å². The van der Waals surface area contributed by atoms with Crippen molar-refractivity contribution in [3.05, 3.63) is 0 Å². The number of aliphatic carboxylic acids is 1. The van der Waals surface area contributed by atoms with Gasteiger partial charge in [-0.1, -0.05) is 258 Å². The van der Waals surface area contributed by atoms with Crippen LogP contribution in [-0.2, 0) is 32.7 Å². The number of ether oxygens (including phenoxy) is 2. The highest BCUT2D eigenvalue weighted by Crippen LogP contribution is 2.43. The summed E-state index contributed by atoms with van der Waals surface area (Å²) in [4.78, 5) is 33.7. The van der Waals surface area contributed by atoms with E-state index in [0.29, 0.717) is 6.61 Å². The summed E-state index contributed by atoms with van der Waals surface area (Å²) in [5, 5.41) is 8.93. The number of carbonyl (C=O) groups excluding carboxylic acids is 1. The van der Waals surface area contributed by atoms with Gasteiger partial charge in [-0.2, -0.15) is 0 Å². The highest BCUT2D eigenvalue weighted by atomic mass is 31.2. The number of carboxylic acids is 1. The number of nitrogens with two attached hydrogens (primary N) is 1. The molecule has 3 atom stereocenters. The van der Waals surface area contributed by atoms with E-state index in [9.17, 15) is 19.0 Å². The molecule has 0 radical (unpaired) electrons. The predicted molar refractivity (Wildman–Crippen MR) is 259 cm³/mol. The van der Waals surface area contributed by atoms with Gasteiger partial charge in [-0.25, -0.2) is 4.57 Å². The first-order valence-electron chi connectivity index (χ1n) is 26.6. The van der Waals surface area contributed by atoms with Gasteiger partial charge in [0.25, 0.3) is 0 Å². The van der Waals surface area contributed by atoms with E-state index in [4.69, 9.17) is 29.4 Å². The summed E-state index contributed by atoms with van der Waals surface area (Å²) < 4.78 is 33.5. The molecule has 370 valence electrons. The second-order valence-corrected chi connectivity index (χ2v) is 19.8. The van der Waals surface area contributed by atoms with Gasteiger partial charge in [0.2, 0.25) is 0 Å². The summed E-state index contributed by atoms with van der Waals surface area (Å²) >= 11 is 0. The molecule has 0 saturated carbocycles. The van der Waals surface area contributed by atoms with E-state index in [1.54, 1.807) is 0 Å². The summed E-state index contributed by atoms with van der Waals surface area (Å²) in [6, 6.07) is -1.47. The molecule has 0 heterocycles. The standard InChI is InChI=1S/C51H102NO9P/c1-3-5-7-9-11-13-15-17-19-21-23-24-25-26-27-29-31-33-35-37-39-41-43-50(53)61-48(46-59-62(56,57)60-47-49(52)51(54)55)45-58-44-42-40-38-36-34-32-30-28-22-20-18-16-14-12-10-8-6-4-2/h48-49H,3-47,52H2,1-2H3,(H,54,55)(H,56,57). The van der Waals surface area contributed by atoms with Gasteiger partial charge in [0.1, 0.15) is 12.1 Å². The summed E-state index contributed by atoms with van der Waals surface area (Å²) in [5.41, 5.74) is 5.38. The highest BCUT2D eigenvalue weighted by molar-refractivity contribution is 7.47. The quantitative estimate of drug-likeness (QED) is 0.0305. The van der Waals surface area contributed by atoms with Crippen molar-refractivity contribution < 1.29 is 42.7 Å². The Morgan fingerprint density at radius 2 is 0.742 bits per heavy atom. The van der Waals surface area contributed by atoms with E-state index >= 15 is 0 Å². The molecule has 0 aliphatic rings. The second kappa shape index (κ2) is 47.9. The number of phosphoric ester groups is 1. The van der Waals surface area contributed by atoms with E-state index < -0.39 is 45.1 Å². The normalized spacial score (nSPS) is 13.6. The molecule has 0 aromatic carbocycles. The van der Waals surface area contributed by atoms with E-state index in [-0.39, 0.29) is 13.0 Å². The van der Waals surface area contributed by atoms with Gasteiger partial charge in [0.15, 0.2) is 0 Å². The van der Waals surface area contributed by atoms with Crippen molar-refractivity contribution in [3.63, 3.8) is 0 Å². The minimum atomic E-state index is -4.61. The lowest BCUT2D eigenvalue weighted by Crippen LogP contribution is -2.34. The van der Waals surface area contributed by atoms with Crippen LogP contribution in [0.2, 0.25) is 0 Å². The van der Waals surface area contributed by atoms with Crippen LogP contribution in [0.5, 0.6) is 0 Å². The van der Waals surface area contributed by atoms with E-state index in [1.807, 2.05) is 0 Å². The van der Waals surface area contributed by atoms with Crippen LogP contribution in [-0.4, -0.2) is 60.5 Å². The Labute approximate surface area is 382 Å². The molecular weight excluding hydrogens is 802 g/mol. The molecule has 0 bridgehead atoms. The van der Waals surface area contributed by atoms with Gasteiger partial charge in [-0.15, -0.1) is 0 Å². The molecule has 0 saturated heterocycles. The minimum Gasteiger partial charge on any atom is -0.480 e.